The molecule has 1 heterocycles. The maximum atomic E-state index is 14.0. The molecule has 1 N–H and O–H groups in total. The average molecular weight is 305 g/mol. The van der Waals surface area contributed by atoms with Crippen molar-refractivity contribution in [2.45, 2.75) is 26.3 Å². The summed E-state index contributed by atoms with van der Waals surface area (Å²) in [5.74, 6) is -0.449. The van der Waals surface area contributed by atoms with Crippen LogP contribution in [0, 0.1) is 12.7 Å². The fourth-order valence-electron chi connectivity index (χ4n) is 2.43. The van der Waals surface area contributed by atoms with Crippen LogP contribution in [0.3, 0.4) is 0 Å². The Hall–Kier alpha value is -2.21. The molecule has 1 aromatic carbocycles. The van der Waals surface area contributed by atoms with Gasteiger partial charge in [0.15, 0.2) is 0 Å². The van der Waals surface area contributed by atoms with E-state index in [1.807, 2.05) is 13.8 Å². The molecule has 6 heteroatoms. The number of hydrogen-bond acceptors (Lipinski definition) is 4. The van der Waals surface area contributed by atoms with Crippen molar-refractivity contribution >= 4 is 11.8 Å². The summed E-state index contributed by atoms with van der Waals surface area (Å²) in [4.78, 5) is 14.2. The molecule has 1 amide bonds. The largest absolute Gasteiger partial charge is 0.338 e. The lowest BCUT2D eigenvalue weighted by Crippen LogP contribution is -2.33. The number of hydrogen-bond donors (Lipinski definition) is 1. The van der Waals surface area contributed by atoms with E-state index in [0.717, 1.165) is 11.3 Å². The lowest BCUT2D eigenvalue weighted by molar-refractivity contribution is -0.120. The second kappa shape index (κ2) is 6.70. The number of halogens is 1. The van der Waals surface area contributed by atoms with Gasteiger partial charge in [0.05, 0.1) is 5.69 Å². The quantitative estimate of drug-likeness (QED) is 0.922. The molecule has 0 bridgehead atoms. The van der Waals surface area contributed by atoms with Gasteiger partial charge in [-0.3, -0.25) is 15.0 Å². The van der Waals surface area contributed by atoms with Gasteiger partial charge in [0.2, 0.25) is 11.8 Å². The third kappa shape index (κ3) is 3.17. The zero-order valence-corrected chi connectivity index (χ0v) is 13.2. The molecule has 0 spiro atoms. The van der Waals surface area contributed by atoms with E-state index in [0.29, 0.717) is 17.9 Å². The number of carbonyl (C=O) groups excluding carboxylic acids is 1. The number of carbonyl (C=O) groups is 1. The van der Waals surface area contributed by atoms with Crippen LogP contribution in [0.1, 0.15) is 29.8 Å². The molecule has 0 saturated heterocycles. The number of rotatable bonds is 5. The third-order valence-electron chi connectivity index (χ3n) is 3.54. The molecule has 0 aliphatic carbocycles. The summed E-state index contributed by atoms with van der Waals surface area (Å²) in [6.07, 6.45) is 0.692. The van der Waals surface area contributed by atoms with Crippen molar-refractivity contribution in [3.8, 4) is 0 Å². The fourth-order valence-corrected chi connectivity index (χ4v) is 2.43. The SMILES string of the molecule is CCc1c(C)noc1NC(=O)C(c1ccccc1F)N(C)C. The Morgan fingerprint density at radius 1 is 1.41 bits per heavy atom. The lowest BCUT2D eigenvalue weighted by Gasteiger charge is -2.23. The predicted octanol–water partition coefficient (Wildman–Crippen LogP) is 2.93. The fraction of sp³-hybridized carbons (Fsp3) is 0.375. The molecule has 22 heavy (non-hydrogen) atoms. The Morgan fingerprint density at radius 3 is 2.68 bits per heavy atom. The molecule has 2 rings (SSSR count). The van der Waals surface area contributed by atoms with Crippen molar-refractivity contribution in [2.75, 3.05) is 19.4 Å². The molecule has 0 aliphatic rings. The Labute approximate surface area is 129 Å². The standard InChI is InChI=1S/C16H20FN3O2/c1-5-11-10(2)19-22-16(11)18-15(21)14(20(3)4)12-8-6-7-9-13(12)17/h6-9,14H,5H2,1-4H3,(H,18,21). The maximum Gasteiger partial charge on any atom is 0.248 e. The number of aryl methyl sites for hydroxylation is 1. The molecule has 1 atom stereocenters. The minimum absolute atomic E-state index is 0.319. The molecular formula is C16H20FN3O2. The Bertz CT molecular complexity index is 667. The second-order valence-electron chi connectivity index (χ2n) is 5.31. The van der Waals surface area contributed by atoms with Crippen LogP contribution in [-0.4, -0.2) is 30.1 Å². The summed E-state index contributed by atoms with van der Waals surface area (Å²) in [6.45, 7) is 3.77. The summed E-state index contributed by atoms with van der Waals surface area (Å²) in [5, 5.41) is 6.57. The molecule has 1 aromatic heterocycles. The Kier molecular flexibility index (Phi) is 4.92. The summed E-state index contributed by atoms with van der Waals surface area (Å²) in [6, 6.07) is 5.49. The number of nitrogens with one attached hydrogen (secondary N) is 1. The van der Waals surface area contributed by atoms with Gasteiger partial charge in [-0.2, -0.15) is 0 Å². The lowest BCUT2D eigenvalue weighted by atomic mass is 10.0. The molecule has 0 radical (unpaired) electrons. The average Bonchev–Trinajstić information content (AvgIpc) is 2.81. The highest BCUT2D eigenvalue weighted by Crippen LogP contribution is 2.25. The van der Waals surface area contributed by atoms with Crippen LogP contribution < -0.4 is 5.32 Å². The van der Waals surface area contributed by atoms with Crippen LogP contribution in [-0.2, 0) is 11.2 Å². The number of anilines is 1. The molecule has 2 aromatic rings. The van der Waals surface area contributed by atoms with Crippen molar-refractivity contribution in [2.24, 2.45) is 0 Å². The summed E-state index contributed by atoms with van der Waals surface area (Å²) >= 11 is 0. The van der Waals surface area contributed by atoms with E-state index < -0.39 is 11.9 Å². The number of likely N-dealkylation sites (N-methyl/N-ethyl adjacent to an activating group) is 1. The highest BCUT2D eigenvalue weighted by Gasteiger charge is 2.27. The van der Waals surface area contributed by atoms with Crippen molar-refractivity contribution in [3.05, 3.63) is 46.9 Å². The van der Waals surface area contributed by atoms with Gasteiger partial charge in [0.1, 0.15) is 11.9 Å². The van der Waals surface area contributed by atoms with E-state index in [1.165, 1.54) is 6.07 Å². The molecule has 0 fully saturated rings. The van der Waals surface area contributed by atoms with Gasteiger partial charge in [-0.05, 0) is 33.5 Å². The van der Waals surface area contributed by atoms with Crippen molar-refractivity contribution in [3.63, 3.8) is 0 Å². The van der Waals surface area contributed by atoms with E-state index in [9.17, 15) is 9.18 Å². The second-order valence-corrected chi connectivity index (χ2v) is 5.31. The number of benzene rings is 1. The highest BCUT2D eigenvalue weighted by atomic mass is 19.1. The van der Waals surface area contributed by atoms with E-state index in [4.69, 9.17) is 4.52 Å². The first-order chi connectivity index (χ1) is 10.5. The Morgan fingerprint density at radius 2 is 2.09 bits per heavy atom. The van der Waals surface area contributed by atoms with Gasteiger partial charge in [-0.25, -0.2) is 4.39 Å². The number of amides is 1. The molecule has 1 unspecified atom stereocenters. The van der Waals surface area contributed by atoms with Gasteiger partial charge in [0.25, 0.3) is 0 Å². The highest BCUT2D eigenvalue weighted by molar-refractivity contribution is 5.95. The van der Waals surface area contributed by atoms with Gasteiger partial charge < -0.3 is 4.52 Å². The third-order valence-corrected chi connectivity index (χ3v) is 3.54. The van der Waals surface area contributed by atoms with Crippen LogP contribution in [0.2, 0.25) is 0 Å². The van der Waals surface area contributed by atoms with Crippen molar-refractivity contribution in [1.82, 2.24) is 10.1 Å². The molecule has 5 nitrogen and oxygen atoms in total. The van der Waals surface area contributed by atoms with Crippen LogP contribution >= 0.6 is 0 Å². The predicted molar refractivity (Wildman–Crippen MR) is 82.1 cm³/mol. The Balaban J connectivity index is 2.30. The van der Waals surface area contributed by atoms with E-state index in [2.05, 4.69) is 10.5 Å². The van der Waals surface area contributed by atoms with Gasteiger partial charge in [0, 0.05) is 11.1 Å². The van der Waals surface area contributed by atoms with Gasteiger partial charge in [-0.1, -0.05) is 30.3 Å². The minimum Gasteiger partial charge on any atom is -0.338 e. The zero-order chi connectivity index (χ0) is 16.3. The van der Waals surface area contributed by atoms with E-state index in [1.54, 1.807) is 37.2 Å². The van der Waals surface area contributed by atoms with Crippen LogP contribution in [0.25, 0.3) is 0 Å². The van der Waals surface area contributed by atoms with E-state index in [-0.39, 0.29) is 5.91 Å². The summed E-state index contributed by atoms with van der Waals surface area (Å²) in [5.41, 5.74) is 1.91. The van der Waals surface area contributed by atoms with Crippen LogP contribution in [0.4, 0.5) is 10.3 Å². The first-order valence-corrected chi connectivity index (χ1v) is 7.12. The maximum absolute atomic E-state index is 14.0. The monoisotopic (exact) mass is 305 g/mol. The van der Waals surface area contributed by atoms with Crippen LogP contribution in [0.15, 0.2) is 28.8 Å². The zero-order valence-electron chi connectivity index (χ0n) is 13.2. The topological polar surface area (TPSA) is 58.4 Å². The van der Waals surface area contributed by atoms with Crippen LogP contribution in [0.5, 0.6) is 0 Å². The van der Waals surface area contributed by atoms with E-state index >= 15 is 0 Å². The minimum atomic E-state index is -0.753. The van der Waals surface area contributed by atoms with Gasteiger partial charge in [-0.15, -0.1) is 0 Å². The molecule has 0 aliphatic heterocycles. The van der Waals surface area contributed by atoms with Gasteiger partial charge >= 0.3 is 0 Å². The molecule has 118 valence electrons. The van der Waals surface area contributed by atoms with Crippen molar-refractivity contribution < 1.29 is 13.7 Å². The normalized spacial score (nSPS) is 12.5. The first-order valence-electron chi connectivity index (χ1n) is 7.12. The first kappa shape index (κ1) is 16.2. The number of aromatic nitrogens is 1. The molecular weight excluding hydrogens is 285 g/mol. The smallest absolute Gasteiger partial charge is 0.248 e. The molecule has 0 saturated carbocycles. The van der Waals surface area contributed by atoms with Crippen molar-refractivity contribution in [1.29, 1.82) is 0 Å². The number of nitrogens with zero attached hydrogens (tertiary/aromatic N) is 2. The summed E-state index contributed by atoms with van der Waals surface area (Å²) < 4.78 is 19.2. The summed E-state index contributed by atoms with van der Waals surface area (Å²) in [7, 11) is 3.45.